The standard InChI is InChI=1S/C12H21NO4/c1-5-16-10(15)12(6-7-12)13-8-9(14)17-11(2,3)4/h13H,5-8H2,1-4H3. The lowest BCUT2D eigenvalue weighted by Crippen LogP contribution is -2.44. The molecule has 1 N–H and O–H groups in total. The SMILES string of the molecule is CCOC(=O)C1(NCC(=O)OC(C)(C)C)CC1. The molecule has 0 atom stereocenters. The van der Waals surface area contributed by atoms with E-state index in [1.54, 1.807) is 6.92 Å². The molecule has 0 aromatic heterocycles. The Morgan fingerprint density at radius 2 is 1.88 bits per heavy atom. The van der Waals surface area contributed by atoms with Crippen LogP contribution in [-0.2, 0) is 19.1 Å². The van der Waals surface area contributed by atoms with E-state index >= 15 is 0 Å². The van der Waals surface area contributed by atoms with E-state index in [9.17, 15) is 9.59 Å². The number of hydrogen-bond donors (Lipinski definition) is 1. The summed E-state index contributed by atoms with van der Waals surface area (Å²) < 4.78 is 10.1. The van der Waals surface area contributed by atoms with E-state index in [4.69, 9.17) is 9.47 Å². The maximum Gasteiger partial charge on any atom is 0.326 e. The maximum atomic E-state index is 11.6. The number of ether oxygens (including phenoxy) is 2. The minimum Gasteiger partial charge on any atom is -0.465 e. The zero-order valence-corrected chi connectivity index (χ0v) is 11.0. The fourth-order valence-corrected chi connectivity index (χ4v) is 1.47. The molecular formula is C12H21NO4. The summed E-state index contributed by atoms with van der Waals surface area (Å²) in [5.41, 5.74) is -1.15. The van der Waals surface area contributed by atoms with Gasteiger partial charge in [-0.25, -0.2) is 0 Å². The predicted octanol–water partition coefficient (Wildman–Crippen LogP) is 1.01. The lowest BCUT2D eigenvalue weighted by Gasteiger charge is -2.21. The molecule has 17 heavy (non-hydrogen) atoms. The van der Waals surface area contributed by atoms with Crippen LogP contribution in [0.4, 0.5) is 0 Å². The fourth-order valence-electron chi connectivity index (χ4n) is 1.47. The molecule has 1 aliphatic rings. The van der Waals surface area contributed by atoms with Crippen LogP contribution < -0.4 is 5.32 Å². The summed E-state index contributed by atoms with van der Waals surface area (Å²) in [5.74, 6) is -0.628. The van der Waals surface area contributed by atoms with Crippen LogP contribution in [0, 0.1) is 0 Å². The number of esters is 2. The van der Waals surface area contributed by atoms with Crippen molar-refractivity contribution in [2.24, 2.45) is 0 Å². The van der Waals surface area contributed by atoms with Crippen LogP contribution in [0.2, 0.25) is 0 Å². The molecule has 0 bridgehead atoms. The average Bonchev–Trinajstić information content (AvgIpc) is 2.93. The Balaban J connectivity index is 2.36. The first-order valence-electron chi connectivity index (χ1n) is 5.93. The summed E-state index contributed by atoms with van der Waals surface area (Å²) >= 11 is 0. The molecule has 1 rings (SSSR count). The van der Waals surface area contributed by atoms with Crippen molar-refractivity contribution in [1.82, 2.24) is 5.32 Å². The highest BCUT2D eigenvalue weighted by molar-refractivity contribution is 5.85. The summed E-state index contributed by atoms with van der Waals surface area (Å²) in [6.07, 6.45) is 1.43. The Bertz CT molecular complexity index is 302. The van der Waals surface area contributed by atoms with Gasteiger partial charge in [-0.05, 0) is 40.5 Å². The molecule has 1 fully saturated rings. The Morgan fingerprint density at radius 1 is 1.29 bits per heavy atom. The van der Waals surface area contributed by atoms with Gasteiger partial charge in [-0.3, -0.25) is 14.9 Å². The molecule has 0 radical (unpaired) electrons. The highest BCUT2D eigenvalue weighted by Crippen LogP contribution is 2.36. The number of rotatable bonds is 5. The first-order valence-corrected chi connectivity index (χ1v) is 5.93. The molecule has 0 aromatic carbocycles. The van der Waals surface area contributed by atoms with Crippen LogP contribution in [0.15, 0.2) is 0 Å². The van der Waals surface area contributed by atoms with Crippen LogP contribution in [0.3, 0.4) is 0 Å². The van der Waals surface area contributed by atoms with Crippen molar-refractivity contribution < 1.29 is 19.1 Å². The number of carbonyl (C=O) groups is 2. The highest BCUT2D eigenvalue weighted by Gasteiger charge is 2.51. The van der Waals surface area contributed by atoms with Crippen LogP contribution in [0.1, 0.15) is 40.5 Å². The monoisotopic (exact) mass is 243 g/mol. The molecule has 0 unspecified atom stereocenters. The minimum atomic E-state index is -0.646. The quantitative estimate of drug-likeness (QED) is 0.730. The molecule has 0 spiro atoms. The van der Waals surface area contributed by atoms with E-state index in [1.165, 1.54) is 0 Å². The van der Waals surface area contributed by atoms with E-state index in [0.29, 0.717) is 19.4 Å². The number of carbonyl (C=O) groups excluding carboxylic acids is 2. The third kappa shape index (κ3) is 4.34. The average molecular weight is 243 g/mol. The summed E-state index contributed by atoms with van der Waals surface area (Å²) in [6.45, 7) is 7.59. The largest absolute Gasteiger partial charge is 0.465 e. The Kier molecular flexibility index (Phi) is 4.14. The van der Waals surface area contributed by atoms with Crippen LogP contribution in [-0.4, -0.2) is 36.2 Å². The van der Waals surface area contributed by atoms with Gasteiger partial charge in [-0.2, -0.15) is 0 Å². The van der Waals surface area contributed by atoms with Gasteiger partial charge in [-0.15, -0.1) is 0 Å². The summed E-state index contributed by atoms with van der Waals surface area (Å²) in [6, 6.07) is 0. The number of hydrogen-bond acceptors (Lipinski definition) is 5. The van der Waals surface area contributed by atoms with E-state index in [-0.39, 0.29) is 18.5 Å². The topological polar surface area (TPSA) is 64.6 Å². The highest BCUT2D eigenvalue weighted by atomic mass is 16.6. The molecule has 98 valence electrons. The van der Waals surface area contributed by atoms with Gasteiger partial charge < -0.3 is 9.47 Å². The van der Waals surface area contributed by atoms with Crippen LogP contribution in [0.25, 0.3) is 0 Å². The van der Waals surface area contributed by atoms with Gasteiger partial charge in [0.25, 0.3) is 0 Å². The van der Waals surface area contributed by atoms with Crippen molar-refractivity contribution in [1.29, 1.82) is 0 Å². The molecule has 0 heterocycles. The van der Waals surface area contributed by atoms with Crippen molar-refractivity contribution >= 4 is 11.9 Å². The maximum absolute atomic E-state index is 11.6. The summed E-state index contributed by atoms with van der Waals surface area (Å²) in [5, 5.41) is 2.93. The van der Waals surface area contributed by atoms with Crippen molar-refractivity contribution in [2.75, 3.05) is 13.2 Å². The van der Waals surface area contributed by atoms with Gasteiger partial charge in [0.1, 0.15) is 11.1 Å². The predicted molar refractivity (Wildman–Crippen MR) is 62.4 cm³/mol. The van der Waals surface area contributed by atoms with E-state index in [2.05, 4.69) is 5.32 Å². The normalized spacial score (nSPS) is 17.4. The second kappa shape index (κ2) is 5.04. The summed E-state index contributed by atoms with van der Waals surface area (Å²) in [7, 11) is 0. The van der Waals surface area contributed by atoms with Gasteiger partial charge >= 0.3 is 11.9 Å². The fraction of sp³-hybridized carbons (Fsp3) is 0.833. The van der Waals surface area contributed by atoms with Crippen molar-refractivity contribution in [2.45, 2.75) is 51.7 Å². The van der Waals surface area contributed by atoms with Crippen molar-refractivity contribution in [3.8, 4) is 0 Å². The lowest BCUT2D eigenvalue weighted by molar-refractivity contribution is -0.154. The number of nitrogens with one attached hydrogen (secondary N) is 1. The summed E-state index contributed by atoms with van der Waals surface area (Å²) in [4.78, 5) is 23.1. The second-order valence-corrected chi connectivity index (χ2v) is 5.24. The van der Waals surface area contributed by atoms with Crippen molar-refractivity contribution in [3.63, 3.8) is 0 Å². The van der Waals surface area contributed by atoms with E-state index < -0.39 is 11.1 Å². The first-order chi connectivity index (χ1) is 7.79. The van der Waals surface area contributed by atoms with Crippen LogP contribution >= 0.6 is 0 Å². The molecule has 0 aliphatic heterocycles. The molecule has 1 saturated carbocycles. The van der Waals surface area contributed by atoms with Crippen molar-refractivity contribution in [3.05, 3.63) is 0 Å². The van der Waals surface area contributed by atoms with Crippen LogP contribution in [0.5, 0.6) is 0 Å². The molecule has 1 aliphatic carbocycles. The van der Waals surface area contributed by atoms with Gasteiger partial charge in [0.2, 0.25) is 0 Å². The molecule has 0 aromatic rings. The van der Waals surface area contributed by atoms with Gasteiger partial charge in [-0.1, -0.05) is 0 Å². The molecular weight excluding hydrogens is 222 g/mol. The third-order valence-electron chi connectivity index (χ3n) is 2.41. The first kappa shape index (κ1) is 14.0. The van der Waals surface area contributed by atoms with Gasteiger partial charge in [0, 0.05) is 0 Å². The molecule has 5 nitrogen and oxygen atoms in total. The molecule has 0 saturated heterocycles. The zero-order valence-electron chi connectivity index (χ0n) is 11.0. The second-order valence-electron chi connectivity index (χ2n) is 5.24. The minimum absolute atomic E-state index is 0.0378. The smallest absolute Gasteiger partial charge is 0.326 e. The Labute approximate surface area is 102 Å². The van der Waals surface area contributed by atoms with E-state index in [1.807, 2.05) is 20.8 Å². The van der Waals surface area contributed by atoms with Gasteiger partial charge in [0.05, 0.1) is 13.2 Å². The Hall–Kier alpha value is -1.10. The molecule has 0 amide bonds. The lowest BCUT2D eigenvalue weighted by atomic mass is 10.2. The third-order valence-corrected chi connectivity index (χ3v) is 2.41. The van der Waals surface area contributed by atoms with E-state index in [0.717, 1.165) is 0 Å². The van der Waals surface area contributed by atoms with Gasteiger partial charge in [0.15, 0.2) is 0 Å². The zero-order chi connectivity index (χ0) is 13.1. The Morgan fingerprint density at radius 3 is 2.29 bits per heavy atom. The molecule has 5 heteroatoms.